The molecule has 1 aromatic rings. The minimum Gasteiger partial charge on any atom is -0.481 e. The van der Waals surface area contributed by atoms with Crippen LogP contribution in [0, 0.1) is 5.92 Å². The first kappa shape index (κ1) is 18.9. The number of likely N-dealkylation sites (tertiary alicyclic amines) is 1. The van der Waals surface area contributed by atoms with Gasteiger partial charge in [-0.25, -0.2) is 0 Å². The molecule has 5 nitrogen and oxygen atoms in total. The van der Waals surface area contributed by atoms with Gasteiger partial charge in [-0.05, 0) is 69.3 Å². The molecule has 1 N–H and O–H groups in total. The summed E-state index contributed by atoms with van der Waals surface area (Å²) in [6, 6.07) is 6.76. The van der Waals surface area contributed by atoms with Crippen molar-refractivity contribution >= 4 is 17.6 Å². The number of anilines is 1. The Morgan fingerprint density at radius 2 is 1.96 bits per heavy atom. The number of carboxylic acid groups (broad SMARTS) is 1. The van der Waals surface area contributed by atoms with Crippen molar-refractivity contribution in [2.75, 3.05) is 24.5 Å². The van der Waals surface area contributed by atoms with Crippen LogP contribution in [0.25, 0.3) is 0 Å². The summed E-state index contributed by atoms with van der Waals surface area (Å²) in [5.41, 5.74) is 3.67. The fraction of sp³-hybridized carbons (Fsp3) is 0.619. The average molecular weight is 358 g/mol. The number of piperidine rings is 1. The predicted octanol–water partition coefficient (Wildman–Crippen LogP) is 3.10. The maximum Gasteiger partial charge on any atom is 0.306 e. The first-order valence-corrected chi connectivity index (χ1v) is 9.88. The molecule has 1 fully saturated rings. The van der Waals surface area contributed by atoms with Crippen LogP contribution in [-0.2, 0) is 22.4 Å². The number of carbonyl (C=O) groups excluding carboxylic acids is 1. The third-order valence-corrected chi connectivity index (χ3v) is 5.75. The van der Waals surface area contributed by atoms with Crippen molar-refractivity contribution in [2.24, 2.45) is 5.92 Å². The fourth-order valence-corrected chi connectivity index (χ4v) is 4.25. The quantitative estimate of drug-likeness (QED) is 0.849. The number of carbonyl (C=O) groups is 2. The van der Waals surface area contributed by atoms with Gasteiger partial charge in [0.1, 0.15) is 0 Å². The number of carboxylic acids is 1. The van der Waals surface area contributed by atoms with E-state index in [1.165, 1.54) is 11.1 Å². The maximum atomic E-state index is 12.4. The summed E-state index contributed by atoms with van der Waals surface area (Å²) in [6.45, 7) is 6.89. The molecule has 3 rings (SSSR count). The molecule has 1 saturated heterocycles. The van der Waals surface area contributed by atoms with Crippen LogP contribution in [0.2, 0.25) is 0 Å². The summed E-state index contributed by atoms with van der Waals surface area (Å²) in [5.74, 6) is -0.591. The van der Waals surface area contributed by atoms with Crippen molar-refractivity contribution in [2.45, 2.75) is 58.4 Å². The van der Waals surface area contributed by atoms with Gasteiger partial charge in [0.25, 0.3) is 0 Å². The molecule has 0 radical (unpaired) electrons. The summed E-state index contributed by atoms with van der Waals surface area (Å²) >= 11 is 0. The zero-order valence-corrected chi connectivity index (χ0v) is 15.9. The molecule has 0 spiro atoms. The fourth-order valence-electron chi connectivity index (χ4n) is 4.25. The zero-order chi connectivity index (χ0) is 18.7. The molecule has 2 aliphatic rings. The monoisotopic (exact) mass is 358 g/mol. The van der Waals surface area contributed by atoms with E-state index < -0.39 is 5.97 Å². The summed E-state index contributed by atoms with van der Waals surface area (Å²) in [5, 5.41) is 9.09. The Morgan fingerprint density at radius 1 is 1.23 bits per heavy atom. The molecule has 5 heteroatoms. The van der Waals surface area contributed by atoms with Gasteiger partial charge in [-0.15, -0.1) is 0 Å². The number of amides is 1. The normalized spacial score (nSPS) is 21.0. The summed E-state index contributed by atoms with van der Waals surface area (Å²) in [6.07, 6.45) is 4.91. The van der Waals surface area contributed by atoms with Crippen LogP contribution in [-0.4, -0.2) is 47.6 Å². The van der Waals surface area contributed by atoms with Crippen LogP contribution >= 0.6 is 0 Å². The molecule has 2 heterocycles. The highest BCUT2D eigenvalue weighted by Crippen LogP contribution is 2.33. The van der Waals surface area contributed by atoms with Crippen molar-refractivity contribution in [3.05, 3.63) is 29.3 Å². The molecular weight excluding hydrogens is 328 g/mol. The molecule has 1 atom stereocenters. The van der Waals surface area contributed by atoms with E-state index in [0.717, 1.165) is 57.4 Å². The molecule has 0 saturated carbocycles. The Labute approximate surface area is 156 Å². The molecular formula is C21H30N2O3. The Morgan fingerprint density at radius 3 is 2.62 bits per heavy atom. The minimum absolute atomic E-state index is 0.167. The third-order valence-electron chi connectivity index (χ3n) is 5.75. The summed E-state index contributed by atoms with van der Waals surface area (Å²) in [7, 11) is 0. The van der Waals surface area contributed by atoms with Crippen LogP contribution < -0.4 is 4.90 Å². The average Bonchev–Trinajstić information content (AvgIpc) is 2.95. The molecule has 1 amide bonds. The summed E-state index contributed by atoms with van der Waals surface area (Å²) < 4.78 is 0. The molecule has 142 valence electrons. The highest BCUT2D eigenvalue weighted by atomic mass is 16.4. The molecule has 1 unspecified atom stereocenters. The second-order valence-electron chi connectivity index (χ2n) is 7.73. The van der Waals surface area contributed by atoms with E-state index >= 15 is 0 Å². The maximum absolute atomic E-state index is 12.4. The van der Waals surface area contributed by atoms with E-state index in [1.807, 2.05) is 11.8 Å². The first-order valence-electron chi connectivity index (χ1n) is 9.88. The number of hydrogen-bond acceptors (Lipinski definition) is 3. The number of benzene rings is 1. The first-order chi connectivity index (χ1) is 12.5. The van der Waals surface area contributed by atoms with E-state index in [-0.39, 0.29) is 17.9 Å². The van der Waals surface area contributed by atoms with Gasteiger partial charge in [0.2, 0.25) is 5.91 Å². The van der Waals surface area contributed by atoms with Gasteiger partial charge in [-0.3, -0.25) is 9.59 Å². The topological polar surface area (TPSA) is 60.9 Å². The molecule has 2 aliphatic heterocycles. The lowest BCUT2D eigenvalue weighted by molar-refractivity contribution is -0.143. The lowest BCUT2D eigenvalue weighted by atomic mass is 9.96. The van der Waals surface area contributed by atoms with Crippen LogP contribution in [0.3, 0.4) is 0 Å². The second-order valence-corrected chi connectivity index (χ2v) is 7.73. The molecule has 0 aromatic heterocycles. The van der Waals surface area contributed by atoms with Crippen LogP contribution in [0.4, 0.5) is 5.69 Å². The highest BCUT2D eigenvalue weighted by molar-refractivity contribution is 5.96. The lowest BCUT2D eigenvalue weighted by Gasteiger charge is -2.30. The molecule has 0 bridgehead atoms. The number of rotatable bonds is 6. The highest BCUT2D eigenvalue weighted by Gasteiger charge is 2.30. The van der Waals surface area contributed by atoms with E-state index in [2.05, 4.69) is 30.0 Å². The third kappa shape index (κ3) is 4.09. The standard InChI is InChI=1S/C21H30N2O3/c1-3-4-20(24)23-15(2)13-18-14-16(5-6-19(18)23)7-10-22-11-8-17(9-12-22)21(25)26/h5-6,14-15,17H,3-4,7-13H2,1-2H3,(H,25,26). The van der Waals surface area contributed by atoms with Gasteiger partial charge in [-0.2, -0.15) is 0 Å². The van der Waals surface area contributed by atoms with Crippen molar-refractivity contribution in [3.63, 3.8) is 0 Å². The minimum atomic E-state index is -0.653. The predicted molar refractivity (Wildman–Crippen MR) is 103 cm³/mol. The Balaban J connectivity index is 1.58. The van der Waals surface area contributed by atoms with Crippen molar-refractivity contribution in [1.82, 2.24) is 4.90 Å². The Hall–Kier alpha value is -1.88. The van der Waals surface area contributed by atoms with Gasteiger partial charge in [0.15, 0.2) is 0 Å². The van der Waals surface area contributed by atoms with Crippen molar-refractivity contribution in [3.8, 4) is 0 Å². The largest absolute Gasteiger partial charge is 0.481 e. The van der Waals surface area contributed by atoms with Crippen LogP contribution in [0.1, 0.15) is 50.7 Å². The number of aliphatic carboxylic acids is 1. The van der Waals surface area contributed by atoms with E-state index in [1.54, 1.807) is 0 Å². The van der Waals surface area contributed by atoms with Crippen LogP contribution in [0.5, 0.6) is 0 Å². The van der Waals surface area contributed by atoms with Crippen LogP contribution in [0.15, 0.2) is 18.2 Å². The van der Waals surface area contributed by atoms with Gasteiger partial charge in [-0.1, -0.05) is 19.1 Å². The SMILES string of the molecule is CCCC(=O)N1c2ccc(CCN3CCC(C(=O)O)CC3)cc2CC1C. The lowest BCUT2D eigenvalue weighted by Crippen LogP contribution is -2.37. The van der Waals surface area contributed by atoms with Gasteiger partial charge in [0, 0.05) is 24.7 Å². The van der Waals surface area contributed by atoms with Gasteiger partial charge in [0.05, 0.1) is 5.92 Å². The van der Waals surface area contributed by atoms with Gasteiger partial charge >= 0.3 is 5.97 Å². The van der Waals surface area contributed by atoms with Crippen molar-refractivity contribution in [1.29, 1.82) is 0 Å². The van der Waals surface area contributed by atoms with E-state index in [4.69, 9.17) is 5.11 Å². The summed E-state index contributed by atoms with van der Waals surface area (Å²) in [4.78, 5) is 27.8. The molecule has 26 heavy (non-hydrogen) atoms. The molecule has 0 aliphatic carbocycles. The second kappa shape index (κ2) is 8.21. The van der Waals surface area contributed by atoms with E-state index in [0.29, 0.717) is 6.42 Å². The Bertz CT molecular complexity index is 665. The zero-order valence-electron chi connectivity index (χ0n) is 15.9. The molecule has 1 aromatic carbocycles. The van der Waals surface area contributed by atoms with E-state index in [9.17, 15) is 9.59 Å². The Kier molecular flexibility index (Phi) is 5.97. The smallest absolute Gasteiger partial charge is 0.306 e. The number of hydrogen-bond donors (Lipinski definition) is 1. The van der Waals surface area contributed by atoms with Crippen molar-refractivity contribution < 1.29 is 14.7 Å². The number of fused-ring (bicyclic) bond motifs is 1. The number of nitrogens with zero attached hydrogens (tertiary/aromatic N) is 2. The van der Waals surface area contributed by atoms with Gasteiger partial charge < -0.3 is 14.9 Å².